The molecule has 0 aromatic heterocycles. The summed E-state index contributed by atoms with van der Waals surface area (Å²) in [7, 11) is 0. The van der Waals surface area contributed by atoms with Crippen LogP contribution < -0.4 is 0 Å². The van der Waals surface area contributed by atoms with Gasteiger partial charge in [0.25, 0.3) is 0 Å². The van der Waals surface area contributed by atoms with E-state index in [1.807, 2.05) is 19.9 Å². The SMILES string of the molecule is Cc1cc(C(C)(C)C)c(O)c(C)c1CCl.[Na]. The minimum atomic E-state index is -0.0373. The van der Waals surface area contributed by atoms with E-state index in [-0.39, 0.29) is 35.0 Å². The number of aryl methyl sites for hydroxylation is 1. The molecule has 1 rings (SSSR count). The Morgan fingerprint density at radius 1 is 1.25 bits per heavy atom. The van der Waals surface area contributed by atoms with Crippen molar-refractivity contribution >= 4 is 41.2 Å². The summed E-state index contributed by atoms with van der Waals surface area (Å²) in [4.78, 5) is 0. The zero-order valence-corrected chi connectivity index (χ0v) is 13.9. The molecule has 0 heterocycles. The topological polar surface area (TPSA) is 20.2 Å². The number of alkyl halides is 1. The number of hydrogen-bond donors (Lipinski definition) is 1. The molecule has 0 fully saturated rings. The number of aromatic hydroxyl groups is 1. The summed E-state index contributed by atoms with van der Waals surface area (Å²) in [6, 6.07) is 2.04. The van der Waals surface area contributed by atoms with Gasteiger partial charge in [-0.05, 0) is 41.5 Å². The van der Waals surface area contributed by atoms with E-state index in [4.69, 9.17) is 11.6 Å². The molecule has 0 aliphatic rings. The predicted molar refractivity (Wildman–Crippen MR) is 71.6 cm³/mol. The fourth-order valence-corrected chi connectivity index (χ4v) is 2.20. The summed E-state index contributed by atoms with van der Waals surface area (Å²) in [5, 5.41) is 10.1. The van der Waals surface area contributed by atoms with Gasteiger partial charge in [-0.1, -0.05) is 26.8 Å². The minimum Gasteiger partial charge on any atom is -0.507 e. The maximum Gasteiger partial charge on any atom is 0.122 e. The Bertz CT molecular complexity index is 380. The molecular formula is C13H19ClNaO. The molecule has 1 radical (unpaired) electrons. The van der Waals surface area contributed by atoms with Crippen molar-refractivity contribution in [2.24, 2.45) is 0 Å². The second-order valence-corrected chi connectivity index (χ2v) is 5.34. The van der Waals surface area contributed by atoms with Gasteiger partial charge in [-0.15, -0.1) is 11.6 Å². The molecule has 0 saturated heterocycles. The number of hydrogen-bond acceptors (Lipinski definition) is 1. The summed E-state index contributed by atoms with van der Waals surface area (Å²) < 4.78 is 0. The van der Waals surface area contributed by atoms with E-state index >= 15 is 0 Å². The number of rotatable bonds is 1. The predicted octanol–water partition coefficient (Wildman–Crippen LogP) is 3.66. The molecule has 0 bridgehead atoms. The van der Waals surface area contributed by atoms with Gasteiger partial charge in [-0.2, -0.15) is 0 Å². The molecular weight excluding hydrogens is 231 g/mol. The van der Waals surface area contributed by atoms with E-state index in [2.05, 4.69) is 20.8 Å². The molecule has 0 amide bonds. The number of halogens is 1. The first-order valence-electron chi connectivity index (χ1n) is 5.17. The summed E-state index contributed by atoms with van der Waals surface area (Å²) in [6.07, 6.45) is 0. The van der Waals surface area contributed by atoms with Crippen LogP contribution in [0.2, 0.25) is 0 Å². The molecule has 1 aromatic carbocycles. The normalized spacial score (nSPS) is 11.1. The van der Waals surface area contributed by atoms with Crippen molar-refractivity contribution in [2.75, 3.05) is 0 Å². The van der Waals surface area contributed by atoms with Gasteiger partial charge in [-0.3, -0.25) is 0 Å². The molecule has 0 aliphatic heterocycles. The fourth-order valence-electron chi connectivity index (χ4n) is 1.79. The molecule has 85 valence electrons. The average Bonchev–Trinajstić information content (AvgIpc) is 2.10. The van der Waals surface area contributed by atoms with E-state index in [1.165, 1.54) is 0 Å². The molecule has 0 aliphatic carbocycles. The van der Waals surface area contributed by atoms with E-state index in [9.17, 15) is 5.11 Å². The van der Waals surface area contributed by atoms with Crippen molar-refractivity contribution in [3.05, 3.63) is 28.3 Å². The molecule has 1 nitrogen and oxygen atoms in total. The molecule has 0 unspecified atom stereocenters. The largest absolute Gasteiger partial charge is 0.507 e. The van der Waals surface area contributed by atoms with Crippen molar-refractivity contribution in [2.45, 2.75) is 45.9 Å². The Balaban J connectivity index is 0.00000225. The van der Waals surface area contributed by atoms with E-state index in [1.54, 1.807) is 0 Å². The standard InChI is InChI=1S/C13H19ClO.Na/c1-8-6-11(13(3,4)5)12(15)9(2)10(8)7-14;/h6,15H,7H2,1-5H3;. The quantitative estimate of drug-likeness (QED) is 0.595. The van der Waals surface area contributed by atoms with Crippen molar-refractivity contribution in [3.63, 3.8) is 0 Å². The number of phenolic OH excluding ortho intramolecular Hbond substituents is 1. The van der Waals surface area contributed by atoms with Crippen molar-refractivity contribution in [1.82, 2.24) is 0 Å². The number of phenols is 1. The number of benzene rings is 1. The zero-order chi connectivity index (χ0) is 11.8. The Labute approximate surface area is 125 Å². The molecule has 16 heavy (non-hydrogen) atoms. The van der Waals surface area contributed by atoms with Gasteiger partial charge in [0, 0.05) is 35.4 Å². The van der Waals surface area contributed by atoms with Gasteiger partial charge in [-0.25, -0.2) is 0 Å². The third-order valence-electron chi connectivity index (χ3n) is 2.84. The monoisotopic (exact) mass is 249 g/mol. The Morgan fingerprint density at radius 2 is 1.75 bits per heavy atom. The van der Waals surface area contributed by atoms with Crippen molar-refractivity contribution < 1.29 is 5.11 Å². The van der Waals surface area contributed by atoms with Gasteiger partial charge in [0.15, 0.2) is 0 Å². The molecule has 0 atom stereocenters. The van der Waals surface area contributed by atoms with Gasteiger partial charge in [0.1, 0.15) is 5.75 Å². The molecule has 0 saturated carbocycles. The first-order valence-corrected chi connectivity index (χ1v) is 5.71. The molecule has 0 spiro atoms. The van der Waals surface area contributed by atoms with Crippen LogP contribution in [0, 0.1) is 13.8 Å². The third kappa shape index (κ3) is 3.16. The summed E-state index contributed by atoms with van der Waals surface area (Å²) >= 11 is 5.86. The zero-order valence-electron chi connectivity index (χ0n) is 11.1. The van der Waals surface area contributed by atoms with Gasteiger partial charge in [0.05, 0.1) is 0 Å². The van der Waals surface area contributed by atoms with E-state index in [0.29, 0.717) is 11.6 Å². The van der Waals surface area contributed by atoms with Gasteiger partial charge in [0.2, 0.25) is 0 Å². The van der Waals surface area contributed by atoms with Crippen LogP contribution >= 0.6 is 11.6 Å². The first kappa shape index (κ1) is 16.3. The van der Waals surface area contributed by atoms with Crippen LogP contribution in [-0.4, -0.2) is 34.7 Å². The van der Waals surface area contributed by atoms with Gasteiger partial charge >= 0.3 is 0 Å². The Hall–Kier alpha value is 0.310. The van der Waals surface area contributed by atoms with Crippen LogP contribution in [0.4, 0.5) is 0 Å². The van der Waals surface area contributed by atoms with Crippen LogP contribution in [0.25, 0.3) is 0 Å². The fraction of sp³-hybridized carbons (Fsp3) is 0.538. The molecule has 1 aromatic rings. The second kappa shape index (κ2) is 5.77. The summed E-state index contributed by atoms with van der Waals surface area (Å²) in [6.45, 7) is 10.3. The van der Waals surface area contributed by atoms with Crippen LogP contribution in [0.1, 0.15) is 43.0 Å². The van der Waals surface area contributed by atoms with Crippen molar-refractivity contribution in [1.29, 1.82) is 0 Å². The van der Waals surface area contributed by atoms with Crippen molar-refractivity contribution in [3.8, 4) is 5.75 Å². The smallest absolute Gasteiger partial charge is 0.122 e. The Kier molecular flexibility index (Phi) is 5.88. The Morgan fingerprint density at radius 3 is 2.12 bits per heavy atom. The van der Waals surface area contributed by atoms with Crippen LogP contribution in [0.5, 0.6) is 5.75 Å². The van der Waals surface area contributed by atoms with Gasteiger partial charge < -0.3 is 5.11 Å². The van der Waals surface area contributed by atoms with E-state index in [0.717, 1.165) is 22.3 Å². The third-order valence-corrected chi connectivity index (χ3v) is 3.11. The van der Waals surface area contributed by atoms with Crippen LogP contribution in [-0.2, 0) is 11.3 Å². The second-order valence-electron chi connectivity index (χ2n) is 5.08. The van der Waals surface area contributed by atoms with Crippen LogP contribution in [0.3, 0.4) is 0 Å². The maximum atomic E-state index is 10.1. The summed E-state index contributed by atoms with van der Waals surface area (Å²) in [5.41, 5.74) is 4.07. The average molecular weight is 250 g/mol. The van der Waals surface area contributed by atoms with E-state index < -0.39 is 0 Å². The first-order chi connectivity index (χ1) is 6.79. The molecule has 3 heteroatoms. The summed E-state index contributed by atoms with van der Waals surface area (Å²) in [5.74, 6) is 0.846. The minimum absolute atomic E-state index is 0. The van der Waals surface area contributed by atoms with Crippen LogP contribution in [0.15, 0.2) is 6.07 Å². The molecule has 1 N–H and O–H groups in total. The maximum absolute atomic E-state index is 10.1.